The Balaban J connectivity index is 1.85. The van der Waals surface area contributed by atoms with Gasteiger partial charge in [-0.05, 0) is 42.7 Å². The summed E-state index contributed by atoms with van der Waals surface area (Å²) >= 11 is 7.96. The van der Waals surface area contributed by atoms with Crippen LogP contribution in [0.3, 0.4) is 0 Å². The monoisotopic (exact) mass is 452 g/mol. The van der Waals surface area contributed by atoms with Crippen LogP contribution in [0.15, 0.2) is 114 Å². The zero-order valence-electron chi connectivity index (χ0n) is 17.6. The van der Waals surface area contributed by atoms with Gasteiger partial charge in [-0.2, -0.15) is 0 Å². The average molecular weight is 453 g/mol. The van der Waals surface area contributed by atoms with Gasteiger partial charge in [-0.1, -0.05) is 84.4 Å². The molecule has 0 saturated carbocycles. The molecule has 2 nitrogen and oxygen atoms in total. The quantitative estimate of drug-likeness (QED) is 0.250. The molecule has 0 bridgehead atoms. The highest BCUT2D eigenvalue weighted by Gasteiger charge is 2.22. The maximum Gasteiger partial charge on any atom is 0.145 e. The lowest BCUT2D eigenvalue weighted by atomic mass is 10.0. The minimum Gasteiger partial charge on any atom is -0.292 e. The second-order valence-corrected chi connectivity index (χ2v) is 8.72. The van der Waals surface area contributed by atoms with E-state index in [9.17, 15) is 0 Å². The molecule has 0 saturated heterocycles. The van der Waals surface area contributed by atoms with Crippen molar-refractivity contribution in [3.8, 4) is 39.6 Å². The Morgan fingerprint density at radius 3 is 1.84 bits per heavy atom. The Morgan fingerprint density at radius 2 is 1.25 bits per heavy atom. The summed E-state index contributed by atoms with van der Waals surface area (Å²) in [5, 5.41) is 0.712. The van der Waals surface area contributed by atoms with Gasteiger partial charge in [-0.3, -0.25) is 4.57 Å². The maximum atomic E-state index is 6.22. The van der Waals surface area contributed by atoms with E-state index in [2.05, 4.69) is 83.6 Å². The topological polar surface area (TPSA) is 17.8 Å². The lowest BCUT2D eigenvalue weighted by Crippen LogP contribution is -2.00. The minimum atomic E-state index is 0.712. The van der Waals surface area contributed by atoms with Crippen LogP contribution in [0.25, 0.3) is 39.6 Å². The van der Waals surface area contributed by atoms with Crippen molar-refractivity contribution in [2.24, 2.45) is 0 Å². The first-order valence-corrected chi connectivity index (χ1v) is 12.0. The molecule has 4 aromatic carbocycles. The van der Waals surface area contributed by atoms with Crippen molar-refractivity contribution in [1.29, 1.82) is 0 Å². The zero-order valence-corrected chi connectivity index (χ0v) is 19.1. The Kier molecular flexibility index (Phi) is 5.85. The lowest BCUT2D eigenvalue weighted by molar-refractivity contribution is 1.07. The third-order valence-electron chi connectivity index (χ3n) is 5.40. The van der Waals surface area contributed by atoms with Gasteiger partial charge in [0.1, 0.15) is 5.82 Å². The summed E-state index contributed by atoms with van der Waals surface area (Å²) in [6, 6.07) is 37.3. The summed E-state index contributed by atoms with van der Waals surface area (Å²) in [5.41, 5.74) is 6.30. The number of rotatable bonds is 5. The van der Waals surface area contributed by atoms with Gasteiger partial charge >= 0.3 is 0 Å². The van der Waals surface area contributed by atoms with Crippen LogP contribution < -0.4 is 0 Å². The normalized spacial score (nSPS) is 10.9. The average Bonchev–Trinajstić information content (AvgIpc) is 3.26. The third-order valence-corrected chi connectivity index (χ3v) is 6.40. The molecule has 1 aromatic heterocycles. The molecule has 0 fully saturated rings. The number of benzene rings is 4. The Labute approximate surface area is 197 Å². The van der Waals surface area contributed by atoms with E-state index in [0.29, 0.717) is 5.02 Å². The van der Waals surface area contributed by atoms with Gasteiger partial charge in [0.05, 0.1) is 11.4 Å². The molecule has 5 aromatic rings. The van der Waals surface area contributed by atoms with Gasteiger partial charge in [-0.25, -0.2) is 4.98 Å². The van der Waals surface area contributed by atoms with E-state index in [0.717, 1.165) is 39.6 Å². The van der Waals surface area contributed by atoms with Crippen LogP contribution in [0, 0.1) is 0 Å². The molecule has 0 aliphatic carbocycles. The van der Waals surface area contributed by atoms with E-state index in [1.807, 2.05) is 36.4 Å². The van der Waals surface area contributed by atoms with Crippen molar-refractivity contribution in [2.45, 2.75) is 4.90 Å². The van der Waals surface area contributed by atoms with Crippen molar-refractivity contribution in [3.63, 3.8) is 0 Å². The van der Waals surface area contributed by atoms with Gasteiger partial charge in [0, 0.05) is 32.3 Å². The van der Waals surface area contributed by atoms with Crippen LogP contribution in [0.4, 0.5) is 0 Å². The number of imidazole rings is 1. The summed E-state index contributed by atoms with van der Waals surface area (Å²) in [7, 11) is 0. The third kappa shape index (κ3) is 3.97. The van der Waals surface area contributed by atoms with Gasteiger partial charge in [0.15, 0.2) is 0 Å². The lowest BCUT2D eigenvalue weighted by Gasteiger charge is -2.14. The fourth-order valence-corrected chi connectivity index (χ4v) is 4.39. The highest BCUT2D eigenvalue weighted by molar-refractivity contribution is 7.98. The molecule has 0 unspecified atom stereocenters. The molecular formula is C28H21ClN2S. The van der Waals surface area contributed by atoms with E-state index < -0.39 is 0 Å². The molecule has 0 aliphatic rings. The van der Waals surface area contributed by atoms with Crippen molar-refractivity contribution < 1.29 is 0 Å². The summed E-state index contributed by atoms with van der Waals surface area (Å²) < 4.78 is 2.24. The first-order chi connectivity index (χ1) is 15.7. The van der Waals surface area contributed by atoms with E-state index in [4.69, 9.17) is 16.6 Å². The maximum absolute atomic E-state index is 6.22. The standard InChI is InChI=1S/C28H21ClN2S/c1-32-25-18-12-22(13-19-25)28-30-26(20-8-4-2-5-9-20)27(21-10-6-3-7-11-21)31(28)24-16-14-23(29)15-17-24/h2-19H,1H3. The predicted molar refractivity (Wildman–Crippen MR) is 137 cm³/mol. The van der Waals surface area contributed by atoms with Crippen LogP contribution in [-0.2, 0) is 0 Å². The Bertz CT molecular complexity index is 1330. The van der Waals surface area contributed by atoms with Gasteiger partial charge in [-0.15, -0.1) is 11.8 Å². The zero-order chi connectivity index (χ0) is 21.9. The van der Waals surface area contributed by atoms with E-state index in [1.165, 1.54) is 4.90 Å². The molecule has 0 radical (unpaired) electrons. The number of aromatic nitrogens is 2. The smallest absolute Gasteiger partial charge is 0.145 e. The molecule has 0 amide bonds. The Morgan fingerprint density at radius 1 is 0.656 bits per heavy atom. The molecule has 4 heteroatoms. The molecule has 0 spiro atoms. The molecule has 0 N–H and O–H groups in total. The number of hydrogen-bond acceptors (Lipinski definition) is 2. The Hall–Kier alpha value is -3.27. The summed E-state index contributed by atoms with van der Waals surface area (Å²) in [6.45, 7) is 0. The van der Waals surface area contributed by atoms with Crippen LogP contribution in [0.2, 0.25) is 5.02 Å². The number of nitrogens with zero attached hydrogens (tertiary/aromatic N) is 2. The fraction of sp³-hybridized carbons (Fsp3) is 0.0357. The molecule has 1 heterocycles. The first kappa shape index (κ1) is 20.6. The minimum absolute atomic E-state index is 0.712. The van der Waals surface area contributed by atoms with Crippen molar-refractivity contribution in [3.05, 3.63) is 114 Å². The summed E-state index contributed by atoms with van der Waals surface area (Å²) in [5.74, 6) is 0.901. The van der Waals surface area contributed by atoms with Crippen molar-refractivity contribution >= 4 is 23.4 Å². The molecular weight excluding hydrogens is 432 g/mol. The van der Waals surface area contributed by atoms with E-state index in [1.54, 1.807) is 11.8 Å². The predicted octanol–water partition coefficient (Wildman–Crippen LogP) is 8.25. The largest absolute Gasteiger partial charge is 0.292 e. The summed E-state index contributed by atoms with van der Waals surface area (Å²) in [6.07, 6.45) is 2.09. The van der Waals surface area contributed by atoms with Crippen molar-refractivity contribution in [2.75, 3.05) is 6.26 Å². The summed E-state index contributed by atoms with van der Waals surface area (Å²) in [4.78, 5) is 6.43. The SMILES string of the molecule is CSc1ccc(-c2nc(-c3ccccc3)c(-c3ccccc3)n2-c2ccc(Cl)cc2)cc1. The number of hydrogen-bond donors (Lipinski definition) is 0. The second kappa shape index (κ2) is 9.07. The van der Waals surface area contributed by atoms with Crippen LogP contribution in [-0.4, -0.2) is 15.8 Å². The van der Waals surface area contributed by atoms with E-state index in [-0.39, 0.29) is 0 Å². The van der Waals surface area contributed by atoms with Gasteiger partial charge in [0.2, 0.25) is 0 Å². The fourth-order valence-electron chi connectivity index (χ4n) is 3.86. The molecule has 0 aliphatic heterocycles. The van der Waals surface area contributed by atoms with Gasteiger partial charge < -0.3 is 0 Å². The van der Waals surface area contributed by atoms with Crippen LogP contribution in [0.1, 0.15) is 0 Å². The molecule has 0 atom stereocenters. The highest BCUT2D eigenvalue weighted by atomic mass is 35.5. The molecule has 5 rings (SSSR count). The number of thioether (sulfide) groups is 1. The van der Waals surface area contributed by atoms with E-state index >= 15 is 0 Å². The van der Waals surface area contributed by atoms with Gasteiger partial charge in [0.25, 0.3) is 0 Å². The first-order valence-electron chi connectivity index (χ1n) is 10.4. The van der Waals surface area contributed by atoms with Crippen LogP contribution in [0.5, 0.6) is 0 Å². The second-order valence-electron chi connectivity index (χ2n) is 7.41. The molecule has 32 heavy (non-hydrogen) atoms. The van der Waals surface area contributed by atoms with Crippen LogP contribution >= 0.6 is 23.4 Å². The molecule has 156 valence electrons. The van der Waals surface area contributed by atoms with Crippen molar-refractivity contribution in [1.82, 2.24) is 9.55 Å². The highest BCUT2D eigenvalue weighted by Crippen LogP contribution is 2.38. The number of halogens is 1.